The zero-order chi connectivity index (χ0) is 9.14. The lowest BCUT2D eigenvalue weighted by Gasteiger charge is -2.03. The van der Waals surface area contributed by atoms with Crippen LogP contribution >= 0.6 is 0 Å². The minimum atomic E-state index is -1.09. The third-order valence-corrected chi connectivity index (χ3v) is 1.53. The Balaban J connectivity index is 3.14. The van der Waals surface area contributed by atoms with Crippen molar-refractivity contribution in [2.24, 2.45) is 0 Å². The van der Waals surface area contributed by atoms with Crippen molar-refractivity contribution in [1.82, 2.24) is 0 Å². The van der Waals surface area contributed by atoms with Gasteiger partial charge in [-0.25, -0.2) is 8.78 Å². The van der Waals surface area contributed by atoms with Crippen molar-refractivity contribution in [3.05, 3.63) is 29.3 Å². The first kappa shape index (κ1) is 8.93. The topological polar surface area (TPSA) is 40.5 Å². The highest BCUT2D eigenvalue weighted by molar-refractivity contribution is 5.34. The summed E-state index contributed by atoms with van der Waals surface area (Å²) in [5, 5.41) is 17.5. The van der Waals surface area contributed by atoms with Gasteiger partial charge >= 0.3 is 0 Å². The summed E-state index contributed by atoms with van der Waals surface area (Å²) in [5.41, 5.74) is -0.183. The summed E-state index contributed by atoms with van der Waals surface area (Å²) in [4.78, 5) is 0. The normalized spacial score (nSPS) is 10.2. The van der Waals surface area contributed by atoms with Gasteiger partial charge in [0.25, 0.3) is 0 Å². The maximum atomic E-state index is 12.8. The van der Waals surface area contributed by atoms with Crippen LogP contribution in [0.5, 0.6) is 5.75 Å². The van der Waals surface area contributed by atoms with E-state index in [2.05, 4.69) is 0 Å². The molecule has 2 N–H and O–H groups in total. The molecule has 0 saturated carbocycles. The Labute approximate surface area is 68.1 Å². The Morgan fingerprint density at radius 3 is 2.50 bits per heavy atom. The van der Waals surface area contributed by atoms with E-state index in [0.29, 0.717) is 0 Å². The molecule has 0 atom stereocenters. The predicted octanol–water partition coefficient (Wildman–Crippen LogP) is 1.21. The molecule has 0 aliphatic heterocycles. The molecular weight excluding hydrogens is 166 g/mol. The van der Waals surface area contributed by atoms with E-state index in [-0.39, 0.29) is 24.3 Å². The monoisotopic (exact) mass is 174 g/mol. The average molecular weight is 174 g/mol. The lowest BCUT2D eigenvalue weighted by Crippen LogP contribution is -1.98. The van der Waals surface area contributed by atoms with Crippen LogP contribution in [0, 0.1) is 11.6 Å². The van der Waals surface area contributed by atoms with E-state index in [1.807, 2.05) is 0 Å². The number of aliphatic hydroxyl groups excluding tert-OH is 1. The smallest absolute Gasteiger partial charge is 0.165 e. The van der Waals surface area contributed by atoms with E-state index in [1.165, 1.54) is 0 Å². The van der Waals surface area contributed by atoms with Gasteiger partial charge in [-0.15, -0.1) is 0 Å². The molecule has 0 bridgehead atoms. The van der Waals surface area contributed by atoms with E-state index in [9.17, 15) is 8.78 Å². The molecule has 0 aliphatic carbocycles. The molecule has 1 aromatic rings. The Hall–Kier alpha value is -1.16. The highest BCUT2D eigenvalue weighted by Crippen LogP contribution is 2.22. The van der Waals surface area contributed by atoms with Crippen molar-refractivity contribution >= 4 is 0 Å². The number of hydrogen-bond acceptors (Lipinski definition) is 2. The number of rotatable bonds is 2. The second kappa shape index (κ2) is 3.49. The molecular formula is C8H8F2O2. The van der Waals surface area contributed by atoms with E-state index in [1.54, 1.807) is 0 Å². The quantitative estimate of drug-likeness (QED) is 0.707. The highest BCUT2D eigenvalue weighted by Gasteiger charge is 2.11. The number of halogens is 2. The summed E-state index contributed by atoms with van der Waals surface area (Å²) in [6.07, 6.45) is -0.0879. The second-order valence-electron chi connectivity index (χ2n) is 2.33. The van der Waals surface area contributed by atoms with Crippen LogP contribution in [-0.2, 0) is 6.42 Å². The maximum absolute atomic E-state index is 12.8. The van der Waals surface area contributed by atoms with Crippen molar-refractivity contribution in [2.75, 3.05) is 6.61 Å². The van der Waals surface area contributed by atoms with Crippen LogP contribution in [0.4, 0.5) is 8.78 Å². The molecule has 0 aliphatic rings. The molecule has 0 heterocycles. The molecule has 0 fully saturated rings. The van der Waals surface area contributed by atoms with Gasteiger partial charge in [0.2, 0.25) is 0 Å². The van der Waals surface area contributed by atoms with Gasteiger partial charge in [0, 0.05) is 18.6 Å². The van der Waals surface area contributed by atoms with Crippen molar-refractivity contribution in [2.45, 2.75) is 6.42 Å². The largest absolute Gasteiger partial charge is 0.508 e. The molecule has 2 nitrogen and oxygen atoms in total. The number of phenolic OH excluding ortho intramolecular Hbond substituents is 1. The van der Waals surface area contributed by atoms with E-state index < -0.39 is 11.6 Å². The molecule has 1 aromatic carbocycles. The third-order valence-electron chi connectivity index (χ3n) is 1.53. The molecule has 0 unspecified atom stereocenters. The van der Waals surface area contributed by atoms with Crippen molar-refractivity contribution < 1.29 is 19.0 Å². The van der Waals surface area contributed by atoms with Gasteiger partial charge in [-0.2, -0.15) is 0 Å². The van der Waals surface area contributed by atoms with Gasteiger partial charge in [0.15, 0.2) is 11.6 Å². The number of aromatic hydroxyl groups is 1. The van der Waals surface area contributed by atoms with E-state index in [0.717, 1.165) is 12.1 Å². The first-order valence-corrected chi connectivity index (χ1v) is 3.43. The molecule has 4 heteroatoms. The minimum absolute atomic E-state index is 0.0879. The van der Waals surface area contributed by atoms with Crippen molar-refractivity contribution in [3.8, 4) is 5.75 Å². The van der Waals surface area contributed by atoms with Gasteiger partial charge in [-0.3, -0.25) is 0 Å². The minimum Gasteiger partial charge on any atom is -0.508 e. The van der Waals surface area contributed by atoms with Gasteiger partial charge in [-0.05, 0) is 12.1 Å². The van der Waals surface area contributed by atoms with Gasteiger partial charge in [0.05, 0.1) is 0 Å². The zero-order valence-electron chi connectivity index (χ0n) is 6.22. The summed E-state index contributed by atoms with van der Waals surface area (Å²) in [6, 6.07) is 1.90. The lowest BCUT2D eigenvalue weighted by atomic mass is 10.1. The molecule has 66 valence electrons. The Morgan fingerprint density at radius 2 is 1.92 bits per heavy atom. The van der Waals surface area contributed by atoms with Crippen LogP contribution in [0.25, 0.3) is 0 Å². The molecule has 0 spiro atoms. The number of phenols is 1. The molecule has 1 rings (SSSR count). The number of aliphatic hydroxyl groups is 1. The fourth-order valence-electron chi connectivity index (χ4n) is 0.932. The van der Waals surface area contributed by atoms with Crippen LogP contribution in [0.2, 0.25) is 0 Å². The van der Waals surface area contributed by atoms with E-state index >= 15 is 0 Å². The van der Waals surface area contributed by atoms with Crippen LogP contribution < -0.4 is 0 Å². The number of hydrogen-bond donors (Lipinski definition) is 2. The summed E-state index contributed by atoms with van der Waals surface area (Å²) in [5.74, 6) is -2.44. The molecule has 0 radical (unpaired) electrons. The number of benzene rings is 1. The summed E-state index contributed by atoms with van der Waals surface area (Å²) < 4.78 is 25.3. The van der Waals surface area contributed by atoms with Crippen LogP contribution in [0.1, 0.15) is 5.56 Å². The highest BCUT2D eigenvalue weighted by atomic mass is 19.2. The molecule has 12 heavy (non-hydrogen) atoms. The summed E-state index contributed by atoms with van der Waals surface area (Å²) in [7, 11) is 0. The molecule has 0 saturated heterocycles. The van der Waals surface area contributed by atoms with Crippen molar-refractivity contribution in [3.63, 3.8) is 0 Å². The van der Waals surface area contributed by atoms with Crippen molar-refractivity contribution in [1.29, 1.82) is 0 Å². The second-order valence-corrected chi connectivity index (χ2v) is 2.33. The predicted molar refractivity (Wildman–Crippen MR) is 38.8 cm³/mol. The van der Waals surface area contributed by atoms with Gasteiger partial charge in [0.1, 0.15) is 5.75 Å². The van der Waals surface area contributed by atoms with Crippen LogP contribution in [0.15, 0.2) is 12.1 Å². The first-order chi connectivity index (χ1) is 5.66. The average Bonchev–Trinajstić information content (AvgIpc) is 2.06. The fourth-order valence-corrected chi connectivity index (χ4v) is 0.932. The summed E-state index contributed by atoms with van der Waals surface area (Å²) in [6.45, 7) is -0.325. The SMILES string of the molecule is OCCc1c(O)ccc(F)c1F. The maximum Gasteiger partial charge on any atom is 0.165 e. The standard InChI is InChI=1S/C8H8F2O2/c9-6-1-2-7(12)5(3-4-11)8(6)10/h1-2,11-12H,3-4H2. The Bertz CT molecular complexity index is 287. The lowest BCUT2D eigenvalue weighted by molar-refractivity contribution is 0.294. The summed E-state index contributed by atoms with van der Waals surface area (Å²) >= 11 is 0. The van der Waals surface area contributed by atoms with Gasteiger partial charge in [-0.1, -0.05) is 0 Å². The van der Waals surface area contributed by atoms with E-state index in [4.69, 9.17) is 10.2 Å². The third kappa shape index (κ3) is 1.53. The Kier molecular flexibility index (Phi) is 2.60. The molecule has 0 amide bonds. The molecule has 0 aromatic heterocycles. The Morgan fingerprint density at radius 1 is 1.25 bits per heavy atom. The van der Waals surface area contributed by atoms with Crippen LogP contribution in [-0.4, -0.2) is 16.8 Å². The fraction of sp³-hybridized carbons (Fsp3) is 0.250. The zero-order valence-corrected chi connectivity index (χ0v) is 6.22. The van der Waals surface area contributed by atoms with Crippen LogP contribution in [0.3, 0.4) is 0 Å². The first-order valence-electron chi connectivity index (χ1n) is 3.43. The van der Waals surface area contributed by atoms with Gasteiger partial charge < -0.3 is 10.2 Å².